The Morgan fingerprint density at radius 3 is 2.41 bits per heavy atom. The van der Waals surface area contributed by atoms with Crippen molar-refractivity contribution >= 4 is 19.9 Å². The summed E-state index contributed by atoms with van der Waals surface area (Å²) in [5.41, 5.74) is 5.39. The van der Waals surface area contributed by atoms with Gasteiger partial charge in [-0.15, -0.1) is 0 Å². The minimum Gasteiger partial charge on any atom is -0.457 e. The van der Waals surface area contributed by atoms with Crippen molar-refractivity contribution in [2.45, 2.75) is 76.9 Å². The van der Waals surface area contributed by atoms with Crippen molar-refractivity contribution in [3.63, 3.8) is 0 Å². The van der Waals surface area contributed by atoms with Gasteiger partial charge in [-0.3, -0.25) is 4.90 Å². The number of esters is 1. The van der Waals surface area contributed by atoms with Crippen LogP contribution in [0.2, 0.25) is 18.1 Å². The van der Waals surface area contributed by atoms with Crippen LogP contribution < -0.4 is 5.32 Å². The number of piperazine rings is 1. The normalized spacial score (nSPS) is 20.7. The third-order valence-electron chi connectivity index (χ3n) is 8.50. The molecule has 2 aliphatic heterocycles. The summed E-state index contributed by atoms with van der Waals surface area (Å²) in [5.74, 6) is -0.204. The summed E-state index contributed by atoms with van der Waals surface area (Å²) >= 11 is 0. The molecular formula is C31H44N2O3Si. The number of carbonyl (C=O) groups excluding carboxylic acids is 1. The lowest BCUT2D eigenvalue weighted by Gasteiger charge is -2.45. The Hall–Kier alpha value is -2.25. The average Bonchev–Trinajstić information content (AvgIpc) is 2.85. The number of likely N-dealkylation sites (N-methyl/N-ethyl adjacent to an activating group) is 1. The van der Waals surface area contributed by atoms with Crippen LogP contribution in [0.3, 0.4) is 0 Å². The van der Waals surface area contributed by atoms with Crippen LogP contribution in [0.15, 0.2) is 60.2 Å². The number of nitrogens with zero attached hydrogens (tertiary/aromatic N) is 1. The third kappa shape index (κ3) is 6.61. The zero-order chi connectivity index (χ0) is 26.6. The molecule has 5 nitrogen and oxygen atoms in total. The van der Waals surface area contributed by atoms with E-state index in [2.05, 4.69) is 75.4 Å². The van der Waals surface area contributed by atoms with E-state index in [0.717, 1.165) is 61.2 Å². The largest absolute Gasteiger partial charge is 0.457 e. The highest BCUT2D eigenvalue weighted by Crippen LogP contribution is 2.37. The van der Waals surface area contributed by atoms with Gasteiger partial charge in [0.15, 0.2) is 8.32 Å². The first kappa shape index (κ1) is 27.8. The quantitative estimate of drug-likeness (QED) is 0.257. The van der Waals surface area contributed by atoms with Gasteiger partial charge in [-0.25, -0.2) is 4.79 Å². The Morgan fingerprint density at radius 1 is 1.03 bits per heavy atom. The molecule has 1 N–H and O–H groups in total. The molecule has 2 unspecified atom stereocenters. The molecular weight excluding hydrogens is 476 g/mol. The Balaban J connectivity index is 1.47. The molecule has 2 heterocycles. The molecule has 0 saturated carbocycles. The zero-order valence-electron chi connectivity index (χ0n) is 23.5. The van der Waals surface area contributed by atoms with Gasteiger partial charge >= 0.3 is 5.97 Å². The summed E-state index contributed by atoms with van der Waals surface area (Å²) < 4.78 is 12.2. The van der Waals surface area contributed by atoms with Crippen molar-refractivity contribution in [2.24, 2.45) is 0 Å². The second-order valence-corrected chi connectivity index (χ2v) is 16.9. The van der Waals surface area contributed by atoms with E-state index in [1.54, 1.807) is 0 Å². The van der Waals surface area contributed by atoms with Gasteiger partial charge in [0, 0.05) is 25.7 Å². The fourth-order valence-electron chi connectivity index (χ4n) is 5.02. The second-order valence-electron chi connectivity index (χ2n) is 12.1. The van der Waals surface area contributed by atoms with Gasteiger partial charge in [0.2, 0.25) is 0 Å². The molecule has 2 aromatic carbocycles. The van der Waals surface area contributed by atoms with E-state index in [4.69, 9.17) is 9.16 Å². The second kappa shape index (κ2) is 11.6. The van der Waals surface area contributed by atoms with Gasteiger partial charge < -0.3 is 14.5 Å². The lowest BCUT2D eigenvalue weighted by molar-refractivity contribution is -0.141. The van der Waals surface area contributed by atoms with Gasteiger partial charge in [-0.1, -0.05) is 75.4 Å². The predicted octanol–water partition coefficient (Wildman–Crippen LogP) is 5.81. The van der Waals surface area contributed by atoms with Crippen molar-refractivity contribution in [1.82, 2.24) is 10.2 Å². The standard InChI is InChI=1S/C31H44N2O3Si/c1-31(2,3)37(5,6)36-18-10-13-23-14-16-25(17-15-23)27-19-26-20-32-21-28(33(26)4)29(27)30(34)35-22-24-11-8-7-9-12-24/h7-9,11-12,14-17,26,28,32H,10,13,18-22H2,1-6H3. The summed E-state index contributed by atoms with van der Waals surface area (Å²) in [7, 11) is 0.434. The van der Waals surface area contributed by atoms with Gasteiger partial charge in [0.1, 0.15) is 6.61 Å². The van der Waals surface area contributed by atoms with Gasteiger partial charge in [0.25, 0.3) is 0 Å². The van der Waals surface area contributed by atoms with E-state index in [1.165, 1.54) is 5.56 Å². The molecule has 0 spiro atoms. The summed E-state index contributed by atoms with van der Waals surface area (Å²) in [5, 5.41) is 3.75. The van der Waals surface area contributed by atoms with Crippen LogP contribution in [-0.4, -0.2) is 58.0 Å². The fraction of sp³-hybridized carbons (Fsp3) is 0.516. The molecule has 2 aliphatic rings. The maximum Gasteiger partial charge on any atom is 0.336 e. The van der Waals surface area contributed by atoms with Crippen molar-refractivity contribution in [3.05, 3.63) is 76.9 Å². The van der Waals surface area contributed by atoms with Crippen LogP contribution in [0.1, 0.15) is 50.3 Å². The summed E-state index contributed by atoms with van der Waals surface area (Å²) in [6, 6.07) is 19.1. The molecule has 1 fully saturated rings. The number of carbonyl (C=O) groups is 1. The molecule has 37 heavy (non-hydrogen) atoms. The molecule has 0 aromatic heterocycles. The van der Waals surface area contributed by atoms with Crippen LogP contribution in [0.25, 0.3) is 5.57 Å². The number of rotatable bonds is 9. The highest BCUT2D eigenvalue weighted by molar-refractivity contribution is 6.74. The van der Waals surface area contributed by atoms with Crippen molar-refractivity contribution < 1.29 is 14.0 Å². The number of fused-ring (bicyclic) bond motifs is 2. The highest BCUT2D eigenvalue weighted by atomic mass is 28.4. The number of hydrogen-bond donors (Lipinski definition) is 1. The fourth-order valence-corrected chi connectivity index (χ4v) is 6.11. The molecule has 2 bridgehead atoms. The molecule has 6 heteroatoms. The van der Waals surface area contributed by atoms with E-state index in [1.807, 2.05) is 30.3 Å². The Kier molecular flexibility index (Phi) is 8.74. The van der Waals surface area contributed by atoms with Gasteiger partial charge in [-0.2, -0.15) is 0 Å². The van der Waals surface area contributed by atoms with Crippen LogP contribution in [0, 0.1) is 0 Å². The Bertz CT molecular complexity index is 1090. The highest BCUT2D eigenvalue weighted by Gasteiger charge is 2.40. The number of aryl methyl sites for hydroxylation is 1. The van der Waals surface area contributed by atoms with Crippen molar-refractivity contribution in [2.75, 3.05) is 26.7 Å². The molecule has 200 valence electrons. The first-order valence-corrected chi connectivity index (χ1v) is 16.6. The molecule has 2 aromatic rings. The minimum atomic E-state index is -1.70. The lowest BCUT2D eigenvalue weighted by atomic mass is 9.82. The summed E-state index contributed by atoms with van der Waals surface area (Å²) in [6.07, 6.45) is 2.86. The van der Waals surface area contributed by atoms with E-state index < -0.39 is 8.32 Å². The molecule has 0 aliphatic carbocycles. The molecule has 2 atom stereocenters. The first-order valence-electron chi connectivity index (χ1n) is 13.7. The zero-order valence-corrected chi connectivity index (χ0v) is 24.5. The summed E-state index contributed by atoms with van der Waals surface area (Å²) in [4.78, 5) is 15.8. The number of nitrogens with one attached hydrogen (secondary N) is 1. The lowest BCUT2D eigenvalue weighted by Crippen LogP contribution is -2.59. The summed E-state index contributed by atoms with van der Waals surface area (Å²) in [6.45, 7) is 14.3. The average molecular weight is 521 g/mol. The maximum absolute atomic E-state index is 13.4. The Labute approximate surface area is 224 Å². The van der Waals surface area contributed by atoms with Crippen molar-refractivity contribution in [1.29, 1.82) is 0 Å². The minimum absolute atomic E-state index is 0.0259. The van der Waals surface area contributed by atoms with E-state index in [-0.39, 0.29) is 17.0 Å². The molecule has 0 amide bonds. The van der Waals surface area contributed by atoms with Crippen molar-refractivity contribution in [3.8, 4) is 0 Å². The molecule has 4 rings (SSSR count). The van der Waals surface area contributed by atoms with Crippen LogP contribution in [-0.2, 0) is 27.0 Å². The molecule has 1 saturated heterocycles. The van der Waals surface area contributed by atoms with E-state index in [0.29, 0.717) is 12.6 Å². The number of ether oxygens (including phenoxy) is 1. The van der Waals surface area contributed by atoms with E-state index >= 15 is 0 Å². The van der Waals surface area contributed by atoms with Gasteiger partial charge in [-0.05, 0) is 66.7 Å². The van der Waals surface area contributed by atoms with Crippen LogP contribution >= 0.6 is 0 Å². The SMILES string of the molecule is CN1C2CNCC1C(C(=O)OCc1ccccc1)=C(c1ccc(CCCO[Si](C)(C)C(C)(C)C)cc1)C2. The number of benzene rings is 2. The third-order valence-corrected chi connectivity index (χ3v) is 13.0. The topological polar surface area (TPSA) is 50.8 Å². The van der Waals surface area contributed by atoms with Crippen LogP contribution in [0.4, 0.5) is 0 Å². The maximum atomic E-state index is 13.4. The van der Waals surface area contributed by atoms with E-state index in [9.17, 15) is 4.79 Å². The van der Waals surface area contributed by atoms with Crippen LogP contribution in [0.5, 0.6) is 0 Å². The first-order chi connectivity index (χ1) is 17.6. The Morgan fingerprint density at radius 2 is 1.73 bits per heavy atom. The predicted molar refractivity (Wildman–Crippen MR) is 154 cm³/mol. The smallest absolute Gasteiger partial charge is 0.336 e. The molecule has 0 radical (unpaired) electrons. The number of hydrogen-bond acceptors (Lipinski definition) is 5. The monoisotopic (exact) mass is 520 g/mol. The van der Waals surface area contributed by atoms with Gasteiger partial charge in [0.05, 0.1) is 11.6 Å².